The summed E-state index contributed by atoms with van der Waals surface area (Å²) in [6.45, 7) is 3.19. The van der Waals surface area contributed by atoms with E-state index >= 15 is 0 Å². The first-order valence-electron chi connectivity index (χ1n) is 5.77. The number of nitriles is 1. The summed E-state index contributed by atoms with van der Waals surface area (Å²) in [6.07, 6.45) is 3.16. The third-order valence-electron chi connectivity index (χ3n) is 3.11. The maximum Gasteiger partial charge on any atom is 0.354 e. The van der Waals surface area contributed by atoms with Crippen LogP contribution in [0.3, 0.4) is 0 Å². The minimum Gasteiger partial charge on any atom is -0.477 e. The van der Waals surface area contributed by atoms with E-state index in [1.807, 2.05) is 11.8 Å². The number of nitrogens with zero attached hydrogens (tertiary/aromatic N) is 4. The van der Waals surface area contributed by atoms with Crippen LogP contribution in [0.2, 0.25) is 0 Å². The summed E-state index contributed by atoms with van der Waals surface area (Å²) < 4.78 is 0. The van der Waals surface area contributed by atoms with Crippen LogP contribution in [-0.4, -0.2) is 34.1 Å². The van der Waals surface area contributed by atoms with Crippen LogP contribution in [0.1, 0.15) is 30.3 Å². The Balaban J connectivity index is 2.24. The second kappa shape index (κ2) is 4.61. The van der Waals surface area contributed by atoms with Crippen LogP contribution < -0.4 is 4.90 Å². The zero-order valence-electron chi connectivity index (χ0n) is 10.1. The molecule has 6 nitrogen and oxygen atoms in total. The monoisotopic (exact) mass is 246 g/mol. The Morgan fingerprint density at radius 3 is 3.11 bits per heavy atom. The minimum absolute atomic E-state index is 0.0239. The zero-order chi connectivity index (χ0) is 13.2. The van der Waals surface area contributed by atoms with Gasteiger partial charge in [-0.2, -0.15) is 5.26 Å². The molecule has 1 aliphatic heterocycles. The quantitative estimate of drug-likeness (QED) is 0.846. The maximum absolute atomic E-state index is 10.9. The molecule has 18 heavy (non-hydrogen) atoms. The van der Waals surface area contributed by atoms with Crippen LogP contribution in [0.4, 0.5) is 5.95 Å². The average molecular weight is 246 g/mol. The first-order valence-corrected chi connectivity index (χ1v) is 5.77. The van der Waals surface area contributed by atoms with Crippen molar-refractivity contribution in [2.24, 2.45) is 5.41 Å². The third-order valence-corrected chi connectivity index (χ3v) is 3.11. The molecule has 1 N–H and O–H groups in total. The van der Waals surface area contributed by atoms with Crippen molar-refractivity contribution >= 4 is 11.9 Å². The summed E-state index contributed by atoms with van der Waals surface area (Å²) in [4.78, 5) is 20.8. The molecule has 1 aliphatic rings. The van der Waals surface area contributed by atoms with Gasteiger partial charge in [0, 0.05) is 19.3 Å². The van der Waals surface area contributed by atoms with Gasteiger partial charge in [-0.25, -0.2) is 14.8 Å². The zero-order valence-corrected chi connectivity index (χ0v) is 10.1. The van der Waals surface area contributed by atoms with Crippen molar-refractivity contribution < 1.29 is 9.90 Å². The summed E-state index contributed by atoms with van der Waals surface area (Å²) >= 11 is 0. The number of carboxylic acids is 1. The molecule has 94 valence electrons. The molecule has 1 aromatic rings. The van der Waals surface area contributed by atoms with E-state index in [2.05, 4.69) is 16.0 Å². The van der Waals surface area contributed by atoms with Gasteiger partial charge in [-0.05, 0) is 25.8 Å². The molecule has 0 aliphatic carbocycles. The second-order valence-corrected chi connectivity index (χ2v) is 4.74. The Morgan fingerprint density at radius 1 is 1.67 bits per heavy atom. The first-order chi connectivity index (χ1) is 8.54. The van der Waals surface area contributed by atoms with E-state index in [1.165, 1.54) is 12.3 Å². The lowest BCUT2D eigenvalue weighted by molar-refractivity contribution is 0.0690. The normalized spacial score (nSPS) is 23.4. The van der Waals surface area contributed by atoms with Gasteiger partial charge in [-0.3, -0.25) is 0 Å². The van der Waals surface area contributed by atoms with E-state index in [0.29, 0.717) is 12.5 Å². The third kappa shape index (κ3) is 2.40. The number of rotatable bonds is 2. The lowest BCUT2D eigenvalue weighted by atomic mass is 9.84. The molecule has 0 saturated carbocycles. The molecule has 0 spiro atoms. The van der Waals surface area contributed by atoms with Gasteiger partial charge < -0.3 is 10.0 Å². The summed E-state index contributed by atoms with van der Waals surface area (Å²) in [5.74, 6) is -0.685. The number of piperidine rings is 1. The predicted molar refractivity (Wildman–Crippen MR) is 64.2 cm³/mol. The molecule has 0 bridgehead atoms. The molecule has 1 atom stereocenters. The summed E-state index contributed by atoms with van der Waals surface area (Å²) in [5.41, 5.74) is -0.440. The fraction of sp³-hybridized carbons (Fsp3) is 0.500. The summed E-state index contributed by atoms with van der Waals surface area (Å²) in [5, 5.41) is 18.0. The molecule has 0 radical (unpaired) electrons. The molecule has 6 heteroatoms. The van der Waals surface area contributed by atoms with Crippen molar-refractivity contribution in [2.75, 3.05) is 18.0 Å². The number of hydrogen-bond acceptors (Lipinski definition) is 5. The van der Waals surface area contributed by atoms with Gasteiger partial charge in [-0.1, -0.05) is 0 Å². The Morgan fingerprint density at radius 2 is 2.44 bits per heavy atom. The lowest BCUT2D eigenvalue weighted by Crippen LogP contribution is -2.41. The van der Waals surface area contributed by atoms with Crippen LogP contribution in [0.15, 0.2) is 12.3 Å². The number of hydrogen-bond donors (Lipinski definition) is 1. The summed E-state index contributed by atoms with van der Waals surface area (Å²) in [6, 6.07) is 3.66. The topological polar surface area (TPSA) is 90.1 Å². The fourth-order valence-corrected chi connectivity index (χ4v) is 2.12. The number of aromatic carboxylic acids is 1. The van der Waals surface area contributed by atoms with Gasteiger partial charge in [0.2, 0.25) is 5.95 Å². The van der Waals surface area contributed by atoms with Gasteiger partial charge in [0.15, 0.2) is 5.69 Å². The smallest absolute Gasteiger partial charge is 0.354 e. The second-order valence-electron chi connectivity index (χ2n) is 4.74. The Kier molecular flexibility index (Phi) is 3.15. The van der Waals surface area contributed by atoms with Crippen LogP contribution >= 0.6 is 0 Å². The fourth-order valence-electron chi connectivity index (χ4n) is 2.12. The largest absolute Gasteiger partial charge is 0.477 e. The van der Waals surface area contributed by atoms with Crippen molar-refractivity contribution in [1.82, 2.24) is 9.97 Å². The van der Waals surface area contributed by atoms with Crippen molar-refractivity contribution in [3.05, 3.63) is 18.0 Å². The van der Waals surface area contributed by atoms with Crippen molar-refractivity contribution in [3.63, 3.8) is 0 Å². The number of carboxylic acid groups (broad SMARTS) is 1. The predicted octanol–water partition coefficient (Wildman–Crippen LogP) is 1.30. The van der Waals surface area contributed by atoms with Crippen LogP contribution in [0, 0.1) is 16.7 Å². The van der Waals surface area contributed by atoms with Gasteiger partial charge in [-0.15, -0.1) is 0 Å². The highest BCUT2D eigenvalue weighted by Crippen LogP contribution is 2.30. The molecule has 0 amide bonds. The first kappa shape index (κ1) is 12.3. The van der Waals surface area contributed by atoms with Gasteiger partial charge >= 0.3 is 5.97 Å². The van der Waals surface area contributed by atoms with Crippen LogP contribution in [0.25, 0.3) is 0 Å². The Labute approximate surface area is 105 Å². The van der Waals surface area contributed by atoms with Crippen LogP contribution in [-0.2, 0) is 0 Å². The molecule has 2 rings (SSSR count). The van der Waals surface area contributed by atoms with Crippen molar-refractivity contribution in [3.8, 4) is 6.07 Å². The molecule has 2 heterocycles. The van der Waals surface area contributed by atoms with Gasteiger partial charge in [0.25, 0.3) is 0 Å². The highest BCUT2D eigenvalue weighted by atomic mass is 16.4. The SMILES string of the molecule is CC1(C#N)CCCN(c2nccc(C(=O)O)n2)C1. The number of anilines is 1. The van der Waals surface area contributed by atoms with E-state index < -0.39 is 11.4 Å². The maximum atomic E-state index is 10.9. The molecular formula is C12H14N4O2. The molecule has 1 fully saturated rings. The Hall–Kier alpha value is -2.16. The van der Waals surface area contributed by atoms with Crippen LogP contribution in [0.5, 0.6) is 0 Å². The lowest BCUT2D eigenvalue weighted by Gasteiger charge is -2.35. The van der Waals surface area contributed by atoms with E-state index in [0.717, 1.165) is 19.4 Å². The van der Waals surface area contributed by atoms with Gasteiger partial charge in [0.1, 0.15) is 0 Å². The van der Waals surface area contributed by atoms with E-state index in [1.54, 1.807) is 0 Å². The molecule has 0 aromatic carbocycles. The molecule has 1 aromatic heterocycles. The average Bonchev–Trinajstić information content (AvgIpc) is 2.39. The van der Waals surface area contributed by atoms with E-state index in [-0.39, 0.29) is 5.69 Å². The van der Waals surface area contributed by atoms with E-state index in [9.17, 15) is 4.79 Å². The Bertz CT molecular complexity index is 511. The molecular weight excluding hydrogens is 232 g/mol. The van der Waals surface area contributed by atoms with E-state index in [4.69, 9.17) is 10.4 Å². The highest BCUT2D eigenvalue weighted by Gasteiger charge is 2.32. The van der Waals surface area contributed by atoms with Crippen molar-refractivity contribution in [2.45, 2.75) is 19.8 Å². The highest BCUT2D eigenvalue weighted by molar-refractivity contribution is 5.85. The van der Waals surface area contributed by atoms with Gasteiger partial charge in [0.05, 0.1) is 11.5 Å². The number of carbonyl (C=O) groups is 1. The minimum atomic E-state index is -1.07. The molecule has 1 saturated heterocycles. The van der Waals surface area contributed by atoms with Crippen molar-refractivity contribution in [1.29, 1.82) is 5.26 Å². The summed E-state index contributed by atoms with van der Waals surface area (Å²) in [7, 11) is 0. The number of aromatic nitrogens is 2. The standard InChI is InChI=1S/C12H14N4O2/c1-12(7-13)4-2-6-16(8-12)11-14-5-3-9(15-11)10(17)18/h3,5H,2,4,6,8H2,1H3,(H,17,18). The molecule has 1 unspecified atom stereocenters.